The molecule has 4 heteroatoms. The van der Waals surface area contributed by atoms with Crippen LogP contribution in [0.3, 0.4) is 0 Å². The van der Waals surface area contributed by atoms with Gasteiger partial charge in [-0.2, -0.15) is 0 Å². The highest BCUT2D eigenvalue weighted by Gasteiger charge is 1.96. The lowest BCUT2D eigenvalue weighted by Gasteiger charge is -2.04. The van der Waals surface area contributed by atoms with Crippen LogP contribution in [0.1, 0.15) is 168 Å². The molecule has 0 radical (unpaired) electrons. The molecule has 0 rings (SSSR count). The van der Waals surface area contributed by atoms with E-state index in [-0.39, 0.29) is 5.91 Å². The maximum absolute atomic E-state index is 10.5. The first-order chi connectivity index (χ1) is 16.7. The Kier molecular flexibility index (Phi) is 36.1. The van der Waals surface area contributed by atoms with E-state index in [1.807, 2.05) is 0 Å². The van der Waals surface area contributed by atoms with Crippen molar-refractivity contribution in [3.8, 4) is 0 Å². The second-order valence-corrected chi connectivity index (χ2v) is 10.0. The van der Waals surface area contributed by atoms with Gasteiger partial charge in [0.25, 0.3) is 0 Å². The fourth-order valence-corrected chi connectivity index (χ4v) is 4.11. The van der Waals surface area contributed by atoms with Crippen molar-refractivity contribution < 1.29 is 9.53 Å². The minimum Gasteiger partial charge on any atom is -0.381 e. The van der Waals surface area contributed by atoms with Crippen LogP contribution in [0, 0.1) is 0 Å². The van der Waals surface area contributed by atoms with E-state index in [1.54, 1.807) is 0 Å². The molecule has 0 aliphatic heterocycles. The van der Waals surface area contributed by atoms with Gasteiger partial charge in [0, 0.05) is 19.6 Å². The fourth-order valence-electron chi connectivity index (χ4n) is 4.11. The number of carbonyl (C=O) groups excluding carboxylic acids is 1. The quantitative estimate of drug-likeness (QED) is 0.114. The lowest BCUT2D eigenvalue weighted by molar-refractivity contribution is -0.118. The van der Waals surface area contributed by atoms with Crippen molar-refractivity contribution in [3.63, 3.8) is 0 Å². The Bertz CT molecular complexity index is 350. The highest BCUT2D eigenvalue weighted by atomic mass is 16.5. The summed E-state index contributed by atoms with van der Waals surface area (Å²) in [7, 11) is 0. The lowest BCUT2D eigenvalue weighted by atomic mass is 10.0. The summed E-state index contributed by atoms with van der Waals surface area (Å²) in [5, 5.41) is 0. The van der Waals surface area contributed by atoms with E-state index in [1.165, 1.54) is 128 Å². The summed E-state index contributed by atoms with van der Waals surface area (Å²) in [4.78, 5) is 10.5. The zero-order valence-corrected chi connectivity index (χ0v) is 23.6. The predicted octanol–water partition coefficient (Wildman–Crippen LogP) is 8.84. The smallest absolute Gasteiger partial charge is 0.217 e. The topological polar surface area (TPSA) is 78.3 Å². The average molecular weight is 485 g/mol. The van der Waals surface area contributed by atoms with E-state index in [9.17, 15) is 4.79 Å². The van der Waals surface area contributed by atoms with Gasteiger partial charge in [-0.05, 0) is 32.2 Å². The molecule has 0 aliphatic carbocycles. The van der Waals surface area contributed by atoms with Crippen LogP contribution in [0.2, 0.25) is 0 Å². The summed E-state index contributed by atoms with van der Waals surface area (Å²) in [6, 6.07) is 0. The van der Waals surface area contributed by atoms with Gasteiger partial charge >= 0.3 is 0 Å². The van der Waals surface area contributed by atoms with Crippen molar-refractivity contribution >= 4 is 5.91 Å². The molecule has 0 aromatic carbocycles. The van der Waals surface area contributed by atoms with Crippen molar-refractivity contribution in [2.24, 2.45) is 11.5 Å². The molecule has 0 fully saturated rings. The molecular formula is C30H64N2O2. The summed E-state index contributed by atoms with van der Waals surface area (Å²) >= 11 is 0. The first-order valence-corrected chi connectivity index (χ1v) is 15.2. The molecule has 1 amide bonds. The highest BCUT2D eigenvalue weighted by Crippen LogP contribution is 2.13. The number of hydrogen-bond donors (Lipinski definition) is 2. The van der Waals surface area contributed by atoms with Gasteiger partial charge in [-0.1, -0.05) is 136 Å². The molecule has 0 aromatic rings. The molecule has 0 bridgehead atoms. The van der Waals surface area contributed by atoms with Gasteiger partial charge in [-0.15, -0.1) is 0 Å². The van der Waals surface area contributed by atoms with Crippen molar-refractivity contribution in [1.29, 1.82) is 0 Å². The standard InChI is InChI=1S/C16H33NO.C14H31NO/c1-2-3-4-5-6-7-8-9-10-11-12-13-14-15-16(17)18;1-2-3-4-5-6-7-8-10-13-16-14-11-9-12-15/h2-15H2,1H3,(H2,17,18);2-15H2,1H3. The lowest BCUT2D eigenvalue weighted by Crippen LogP contribution is -2.09. The third-order valence-corrected chi connectivity index (χ3v) is 6.41. The Balaban J connectivity index is 0. The highest BCUT2D eigenvalue weighted by molar-refractivity contribution is 5.73. The first kappa shape index (κ1) is 35.6. The molecule has 0 atom stereocenters. The monoisotopic (exact) mass is 484 g/mol. The van der Waals surface area contributed by atoms with Crippen LogP contribution in [-0.2, 0) is 9.53 Å². The van der Waals surface area contributed by atoms with Crippen LogP contribution in [-0.4, -0.2) is 25.7 Å². The van der Waals surface area contributed by atoms with Gasteiger partial charge in [0.1, 0.15) is 0 Å². The van der Waals surface area contributed by atoms with Crippen molar-refractivity contribution in [3.05, 3.63) is 0 Å². The van der Waals surface area contributed by atoms with Gasteiger partial charge in [0.15, 0.2) is 0 Å². The summed E-state index contributed by atoms with van der Waals surface area (Å²) in [5.74, 6) is -0.155. The maximum atomic E-state index is 10.5. The maximum Gasteiger partial charge on any atom is 0.217 e. The van der Waals surface area contributed by atoms with E-state index in [4.69, 9.17) is 16.2 Å². The summed E-state index contributed by atoms with van der Waals surface area (Å²) in [5.41, 5.74) is 10.5. The zero-order chi connectivity index (χ0) is 25.4. The molecule has 4 N–H and O–H groups in total. The molecule has 34 heavy (non-hydrogen) atoms. The molecule has 0 aromatic heterocycles. The molecular weight excluding hydrogens is 420 g/mol. The SMILES string of the molecule is CCCCCCCCCCCCCCCC(N)=O.CCCCCCCCCCOCCCCN. The van der Waals surface area contributed by atoms with E-state index in [0.29, 0.717) is 6.42 Å². The minimum atomic E-state index is -0.155. The van der Waals surface area contributed by atoms with Crippen LogP contribution in [0.4, 0.5) is 0 Å². The molecule has 4 nitrogen and oxygen atoms in total. The van der Waals surface area contributed by atoms with E-state index >= 15 is 0 Å². The summed E-state index contributed by atoms with van der Waals surface area (Å²) in [6.07, 6.45) is 31.1. The number of amides is 1. The molecule has 0 spiro atoms. The number of carbonyl (C=O) groups is 1. The van der Waals surface area contributed by atoms with Gasteiger partial charge in [-0.3, -0.25) is 4.79 Å². The average Bonchev–Trinajstić information content (AvgIpc) is 2.83. The van der Waals surface area contributed by atoms with E-state index < -0.39 is 0 Å². The van der Waals surface area contributed by atoms with Crippen LogP contribution >= 0.6 is 0 Å². The number of primary amides is 1. The summed E-state index contributed by atoms with van der Waals surface area (Å²) in [6.45, 7) is 7.17. The van der Waals surface area contributed by atoms with Crippen molar-refractivity contribution in [1.82, 2.24) is 0 Å². The molecule has 0 unspecified atom stereocenters. The number of hydrogen-bond acceptors (Lipinski definition) is 3. The fraction of sp³-hybridized carbons (Fsp3) is 0.967. The predicted molar refractivity (Wildman–Crippen MR) is 151 cm³/mol. The van der Waals surface area contributed by atoms with Gasteiger partial charge in [0.2, 0.25) is 5.91 Å². The zero-order valence-electron chi connectivity index (χ0n) is 23.6. The number of rotatable bonds is 27. The normalized spacial score (nSPS) is 10.8. The Labute approximate surface area is 214 Å². The minimum absolute atomic E-state index is 0.155. The molecule has 0 saturated carbocycles. The van der Waals surface area contributed by atoms with Gasteiger partial charge in [-0.25, -0.2) is 0 Å². The van der Waals surface area contributed by atoms with Crippen LogP contribution in [0.15, 0.2) is 0 Å². The number of unbranched alkanes of at least 4 members (excludes halogenated alkanes) is 20. The number of nitrogens with two attached hydrogens (primary N) is 2. The molecule has 0 heterocycles. The van der Waals surface area contributed by atoms with E-state index in [0.717, 1.165) is 39.0 Å². The van der Waals surface area contributed by atoms with Crippen LogP contribution < -0.4 is 11.5 Å². The molecule has 0 saturated heterocycles. The van der Waals surface area contributed by atoms with Crippen LogP contribution in [0.25, 0.3) is 0 Å². The van der Waals surface area contributed by atoms with Gasteiger partial charge < -0.3 is 16.2 Å². The van der Waals surface area contributed by atoms with Crippen molar-refractivity contribution in [2.45, 2.75) is 168 Å². The third kappa shape index (κ3) is 38.6. The second-order valence-electron chi connectivity index (χ2n) is 10.0. The van der Waals surface area contributed by atoms with E-state index in [2.05, 4.69) is 13.8 Å². The Morgan fingerprint density at radius 2 is 0.824 bits per heavy atom. The van der Waals surface area contributed by atoms with Crippen molar-refractivity contribution in [2.75, 3.05) is 19.8 Å². The first-order valence-electron chi connectivity index (χ1n) is 15.2. The molecule has 0 aliphatic rings. The van der Waals surface area contributed by atoms with Gasteiger partial charge in [0.05, 0.1) is 0 Å². The second kappa shape index (κ2) is 34.6. The Morgan fingerprint density at radius 3 is 1.18 bits per heavy atom. The van der Waals surface area contributed by atoms with Crippen LogP contribution in [0.5, 0.6) is 0 Å². The molecule has 206 valence electrons. The Hall–Kier alpha value is -0.610. The Morgan fingerprint density at radius 1 is 0.500 bits per heavy atom. The number of ether oxygens (including phenoxy) is 1. The summed E-state index contributed by atoms with van der Waals surface area (Å²) < 4.78 is 5.53. The third-order valence-electron chi connectivity index (χ3n) is 6.41. The largest absolute Gasteiger partial charge is 0.381 e.